The molecule has 6 heteroatoms. The van der Waals surface area contributed by atoms with Gasteiger partial charge in [0.15, 0.2) is 0 Å². The smallest absolute Gasteiger partial charge is 0.246 e. The summed E-state index contributed by atoms with van der Waals surface area (Å²) >= 11 is 0. The van der Waals surface area contributed by atoms with E-state index in [9.17, 15) is 4.39 Å². The Kier molecular flexibility index (Phi) is 4.74. The van der Waals surface area contributed by atoms with E-state index in [-0.39, 0.29) is 12.4 Å². The van der Waals surface area contributed by atoms with Crippen LogP contribution in [-0.4, -0.2) is 16.7 Å². The van der Waals surface area contributed by atoms with Crippen molar-refractivity contribution in [1.82, 2.24) is 10.1 Å². The lowest BCUT2D eigenvalue weighted by atomic mass is 10.2. The van der Waals surface area contributed by atoms with Crippen LogP contribution in [0.25, 0.3) is 11.4 Å². The van der Waals surface area contributed by atoms with Crippen molar-refractivity contribution >= 4 is 5.69 Å². The Bertz CT molecular complexity index is 815. The van der Waals surface area contributed by atoms with Gasteiger partial charge in [0.25, 0.3) is 0 Å². The molecule has 1 N–H and O–H groups in total. The zero-order valence-corrected chi connectivity index (χ0v) is 13.5. The summed E-state index contributed by atoms with van der Waals surface area (Å²) in [6.45, 7) is 4.65. The van der Waals surface area contributed by atoms with E-state index in [1.54, 1.807) is 6.07 Å². The second-order valence-corrected chi connectivity index (χ2v) is 5.31. The number of aryl methyl sites for hydroxylation is 1. The van der Waals surface area contributed by atoms with Crippen LogP contribution in [0.15, 0.2) is 47.0 Å². The van der Waals surface area contributed by atoms with Crippen LogP contribution in [0.3, 0.4) is 0 Å². The Hall–Kier alpha value is -2.89. The standard InChI is InChI=1S/C18H18FN3O2/c1-3-23-14-7-5-13(6-8-14)18-21-17(24-22-18)11-20-16-9-4-12(2)10-15(16)19/h4-10,20H,3,11H2,1-2H3. The van der Waals surface area contributed by atoms with Gasteiger partial charge in [-0.25, -0.2) is 4.39 Å². The van der Waals surface area contributed by atoms with Crippen LogP contribution in [0, 0.1) is 12.7 Å². The van der Waals surface area contributed by atoms with Gasteiger partial charge in [-0.3, -0.25) is 0 Å². The number of ether oxygens (including phenoxy) is 1. The number of aromatic nitrogens is 2. The molecule has 24 heavy (non-hydrogen) atoms. The molecule has 0 aliphatic heterocycles. The SMILES string of the molecule is CCOc1ccc(-c2noc(CNc3ccc(C)cc3F)n2)cc1. The molecule has 0 aliphatic rings. The van der Waals surface area contributed by atoms with Crippen LogP contribution in [0.1, 0.15) is 18.4 Å². The number of hydrogen-bond acceptors (Lipinski definition) is 5. The van der Waals surface area contributed by atoms with E-state index >= 15 is 0 Å². The normalized spacial score (nSPS) is 10.6. The van der Waals surface area contributed by atoms with Gasteiger partial charge in [0.1, 0.15) is 11.6 Å². The molecule has 2 aromatic carbocycles. The topological polar surface area (TPSA) is 60.2 Å². The number of halogens is 1. The predicted octanol–water partition coefficient (Wildman–Crippen LogP) is 4.19. The number of anilines is 1. The lowest BCUT2D eigenvalue weighted by molar-refractivity contribution is 0.340. The molecule has 0 atom stereocenters. The van der Waals surface area contributed by atoms with E-state index < -0.39 is 0 Å². The van der Waals surface area contributed by atoms with E-state index in [0.717, 1.165) is 16.9 Å². The first-order chi connectivity index (χ1) is 11.7. The minimum atomic E-state index is -0.304. The molecule has 0 amide bonds. The first kappa shape index (κ1) is 16.0. The minimum Gasteiger partial charge on any atom is -0.494 e. The van der Waals surface area contributed by atoms with Crippen LogP contribution in [0.5, 0.6) is 5.75 Å². The third-order valence-corrected chi connectivity index (χ3v) is 3.45. The molecule has 3 aromatic rings. The molecule has 0 aliphatic carbocycles. The summed E-state index contributed by atoms with van der Waals surface area (Å²) in [6, 6.07) is 12.4. The molecule has 0 unspecified atom stereocenters. The molecule has 124 valence electrons. The molecule has 5 nitrogen and oxygen atoms in total. The van der Waals surface area contributed by atoms with E-state index in [4.69, 9.17) is 9.26 Å². The molecule has 0 bridgehead atoms. The van der Waals surface area contributed by atoms with Crippen LogP contribution in [0.4, 0.5) is 10.1 Å². The van der Waals surface area contributed by atoms with Gasteiger partial charge in [-0.05, 0) is 55.8 Å². The summed E-state index contributed by atoms with van der Waals surface area (Å²) in [4.78, 5) is 4.31. The van der Waals surface area contributed by atoms with Crippen molar-refractivity contribution in [2.45, 2.75) is 20.4 Å². The van der Waals surface area contributed by atoms with Crippen molar-refractivity contribution in [3.8, 4) is 17.1 Å². The highest BCUT2D eigenvalue weighted by molar-refractivity contribution is 5.55. The number of nitrogens with one attached hydrogen (secondary N) is 1. The maximum absolute atomic E-state index is 13.8. The first-order valence-electron chi connectivity index (χ1n) is 7.71. The van der Waals surface area contributed by atoms with Gasteiger partial charge in [-0.15, -0.1) is 0 Å². The highest BCUT2D eigenvalue weighted by atomic mass is 19.1. The summed E-state index contributed by atoms with van der Waals surface area (Å²) in [5.74, 6) is 1.36. The molecular weight excluding hydrogens is 309 g/mol. The molecule has 1 heterocycles. The van der Waals surface area contributed by atoms with Gasteiger partial charge in [0.2, 0.25) is 11.7 Å². The van der Waals surface area contributed by atoms with E-state index in [1.165, 1.54) is 6.07 Å². The van der Waals surface area contributed by atoms with E-state index in [0.29, 0.717) is 24.0 Å². The zero-order valence-electron chi connectivity index (χ0n) is 13.5. The van der Waals surface area contributed by atoms with Gasteiger partial charge < -0.3 is 14.6 Å². The highest BCUT2D eigenvalue weighted by Crippen LogP contribution is 2.21. The Morgan fingerprint density at radius 1 is 1.17 bits per heavy atom. The molecule has 0 fully saturated rings. The fourth-order valence-electron chi connectivity index (χ4n) is 2.25. The number of rotatable bonds is 6. The maximum atomic E-state index is 13.8. The van der Waals surface area contributed by atoms with Crippen molar-refractivity contribution < 1.29 is 13.7 Å². The molecule has 1 aromatic heterocycles. The monoisotopic (exact) mass is 327 g/mol. The summed E-state index contributed by atoms with van der Waals surface area (Å²) in [6.07, 6.45) is 0. The van der Waals surface area contributed by atoms with E-state index in [1.807, 2.05) is 44.2 Å². The summed E-state index contributed by atoms with van der Waals surface area (Å²) < 4.78 is 24.4. The molecule has 0 saturated heterocycles. The zero-order chi connectivity index (χ0) is 16.9. The lowest BCUT2D eigenvalue weighted by Crippen LogP contribution is -2.02. The Morgan fingerprint density at radius 2 is 1.96 bits per heavy atom. The molecule has 0 spiro atoms. The van der Waals surface area contributed by atoms with Crippen molar-refractivity contribution in [3.63, 3.8) is 0 Å². The van der Waals surface area contributed by atoms with Gasteiger partial charge in [0, 0.05) is 5.56 Å². The van der Waals surface area contributed by atoms with Crippen LogP contribution < -0.4 is 10.1 Å². The third kappa shape index (κ3) is 3.71. The van der Waals surface area contributed by atoms with E-state index in [2.05, 4.69) is 15.5 Å². The quantitative estimate of drug-likeness (QED) is 0.735. The fraction of sp³-hybridized carbons (Fsp3) is 0.222. The maximum Gasteiger partial charge on any atom is 0.246 e. The van der Waals surface area contributed by atoms with Crippen LogP contribution >= 0.6 is 0 Å². The number of benzene rings is 2. The van der Waals surface area contributed by atoms with Gasteiger partial charge in [-0.2, -0.15) is 4.98 Å². The van der Waals surface area contributed by atoms with Gasteiger partial charge in [0.05, 0.1) is 18.8 Å². The largest absolute Gasteiger partial charge is 0.494 e. The van der Waals surface area contributed by atoms with Gasteiger partial charge >= 0.3 is 0 Å². The van der Waals surface area contributed by atoms with Crippen LogP contribution in [-0.2, 0) is 6.54 Å². The van der Waals surface area contributed by atoms with Crippen molar-refractivity contribution in [3.05, 3.63) is 59.7 Å². The summed E-state index contributed by atoms with van der Waals surface area (Å²) in [7, 11) is 0. The fourth-order valence-corrected chi connectivity index (χ4v) is 2.25. The Labute approximate surface area is 139 Å². The van der Waals surface area contributed by atoms with Crippen LogP contribution in [0.2, 0.25) is 0 Å². The van der Waals surface area contributed by atoms with Gasteiger partial charge in [-0.1, -0.05) is 11.2 Å². The van der Waals surface area contributed by atoms with Crippen molar-refractivity contribution in [2.75, 3.05) is 11.9 Å². The number of hydrogen-bond donors (Lipinski definition) is 1. The molecule has 0 radical (unpaired) electrons. The first-order valence-corrected chi connectivity index (χ1v) is 7.71. The average Bonchev–Trinajstić information content (AvgIpc) is 3.04. The minimum absolute atomic E-state index is 0.254. The second kappa shape index (κ2) is 7.12. The van der Waals surface area contributed by atoms with Crippen molar-refractivity contribution in [1.29, 1.82) is 0 Å². The average molecular weight is 327 g/mol. The third-order valence-electron chi connectivity index (χ3n) is 3.45. The molecule has 0 saturated carbocycles. The predicted molar refractivity (Wildman–Crippen MR) is 89.4 cm³/mol. The highest BCUT2D eigenvalue weighted by Gasteiger charge is 2.10. The second-order valence-electron chi connectivity index (χ2n) is 5.31. The Morgan fingerprint density at radius 3 is 2.67 bits per heavy atom. The lowest BCUT2D eigenvalue weighted by Gasteiger charge is -2.05. The summed E-state index contributed by atoms with van der Waals surface area (Å²) in [5.41, 5.74) is 2.10. The molecular formula is C18H18FN3O2. The summed E-state index contributed by atoms with van der Waals surface area (Å²) in [5, 5.41) is 6.91. The van der Waals surface area contributed by atoms with Crippen molar-refractivity contribution in [2.24, 2.45) is 0 Å². The molecule has 3 rings (SSSR count). The number of nitrogens with zero attached hydrogens (tertiary/aromatic N) is 2. The Balaban J connectivity index is 1.66.